The van der Waals surface area contributed by atoms with Crippen LogP contribution in [0.3, 0.4) is 0 Å². The molecule has 0 bridgehead atoms. The molecule has 1 aliphatic heterocycles. The number of hydrogen-bond acceptors (Lipinski definition) is 3. The Bertz CT molecular complexity index is 885. The van der Waals surface area contributed by atoms with E-state index in [2.05, 4.69) is 27.0 Å². The van der Waals surface area contributed by atoms with E-state index >= 15 is 0 Å². The van der Waals surface area contributed by atoms with Crippen LogP contribution in [0.1, 0.15) is 29.9 Å². The van der Waals surface area contributed by atoms with Crippen LogP contribution in [-0.2, 0) is 4.79 Å². The summed E-state index contributed by atoms with van der Waals surface area (Å²) >= 11 is 5.97. The zero-order valence-corrected chi connectivity index (χ0v) is 17.6. The standard InChI is InChI=1S/C22H27ClN4O2/c1-15-12-17(23)8-9-20(15)29-11-5-10-25-22(24-2)26-14-16-13-21(28)27-19-7-4-3-6-18(16)19/h3-4,6-9,12,16H,5,10-11,13-14H2,1-2H3,(H,27,28)(H2,24,25,26). The van der Waals surface area contributed by atoms with Gasteiger partial charge in [0, 0.05) is 43.2 Å². The van der Waals surface area contributed by atoms with Gasteiger partial charge >= 0.3 is 0 Å². The highest BCUT2D eigenvalue weighted by molar-refractivity contribution is 6.30. The van der Waals surface area contributed by atoms with E-state index in [-0.39, 0.29) is 11.8 Å². The number of carbonyl (C=O) groups excluding carboxylic acids is 1. The van der Waals surface area contributed by atoms with Crippen LogP contribution in [-0.4, -0.2) is 38.6 Å². The third-order valence-electron chi connectivity index (χ3n) is 4.85. The van der Waals surface area contributed by atoms with Gasteiger partial charge in [0.1, 0.15) is 5.75 Å². The number of guanidine groups is 1. The lowest BCUT2D eigenvalue weighted by atomic mass is 9.90. The summed E-state index contributed by atoms with van der Waals surface area (Å²) in [6.07, 6.45) is 1.30. The predicted octanol–water partition coefficient (Wildman–Crippen LogP) is 3.71. The minimum atomic E-state index is 0.0492. The molecule has 0 radical (unpaired) electrons. The number of anilines is 1. The van der Waals surface area contributed by atoms with Crippen molar-refractivity contribution in [1.82, 2.24) is 10.6 Å². The van der Waals surface area contributed by atoms with Crippen molar-refractivity contribution < 1.29 is 9.53 Å². The minimum Gasteiger partial charge on any atom is -0.493 e. The van der Waals surface area contributed by atoms with E-state index < -0.39 is 0 Å². The Balaban J connectivity index is 1.41. The second-order valence-electron chi connectivity index (χ2n) is 7.03. The molecule has 0 aliphatic carbocycles. The Labute approximate surface area is 176 Å². The number of carbonyl (C=O) groups is 1. The summed E-state index contributed by atoms with van der Waals surface area (Å²) in [4.78, 5) is 16.2. The van der Waals surface area contributed by atoms with Crippen molar-refractivity contribution in [3.05, 3.63) is 58.6 Å². The van der Waals surface area contributed by atoms with Gasteiger partial charge in [0.25, 0.3) is 0 Å². The van der Waals surface area contributed by atoms with E-state index in [1.165, 1.54) is 0 Å². The first kappa shape index (κ1) is 21.0. The second-order valence-corrected chi connectivity index (χ2v) is 7.46. The molecule has 7 heteroatoms. The number of aryl methyl sites for hydroxylation is 1. The largest absolute Gasteiger partial charge is 0.493 e. The summed E-state index contributed by atoms with van der Waals surface area (Å²) in [5.74, 6) is 1.74. The smallest absolute Gasteiger partial charge is 0.225 e. The Morgan fingerprint density at radius 3 is 2.90 bits per heavy atom. The molecule has 0 aromatic heterocycles. The number of fused-ring (bicyclic) bond motifs is 1. The van der Waals surface area contributed by atoms with Crippen LogP contribution in [0.4, 0.5) is 5.69 Å². The van der Waals surface area contributed by atoms with Crippen molar-refractivity contribution in [1.29, 1.82) is 0 Å². The number of nitrogens with one attached hydrogen (secondary N) is 3. The summed E-state index contributed by atoms with van der Waals surface area (Å²) in [5, 5.41) is 10.3. The van der Waals surface area contributed by atoms with E-state index in [1.54, 1.807) is 7.05 Å². The monoisotopic (exact) mass is 414 g/mol. The molecule has 1 heterocycles. The van der Waals surface area contributed by atoms with Crippen LogP contribution in [0.25, 0.3) is 0 Å². The highest BCUT2D eigenvalue weighted by Gasteiger charge is 2.24. The fraction of sp³-hybridized carbons (Fsp3) is 0.364. The van der Waals surface area contributed by atoms with E-state index in [1.807, 2.05) is 43.3 Å². The van der Waals surface area contributed by atoms with Crippen molar-refractivity contribution in [3.63, 3.8) is 0 Å². The Morgan fingerprint density at radius 2 is 2.10 bits per heavy atom. The number of halogens is 1. The molecule has 1 aliphatic rings. The molecule has 1 atom stereocenters. The first-order valence-corrected chi connectivity index (χ1v) is 10.2. The Morgan fingerprint density at radius 1 is 1.28 bits per heavy atom. The highest BCUT2D eigenvalue weighted by atomic mass is 35.5. The number of aliphatic imine (C=N–C) groups is 1. The van der Waals surface area contributed by atoms with Gasteiger partial charge in [-0.15, -0.1) is 0 Å². The van der Waals surface area contributed by atoms with E-state index in [9.17, 15) is 4.79 Å². The molecule has 1 amide bonds. The maximum atomic E-state index is 11.9. The SMILES string of the molecule is CN=C(NCCCOc1ccc(Cl)cc1C)NCC1CC(=O)Nc2ccccc21. The summed E-state index contributed by atoms with van der Waals surface area (Å²) in [6.45, 7) is 3.95. The normalized spacial score (nSPS) is 16.0. The first-order chi connectivity index (χ1) is 14.1. The molecule has 2 aromatic rings. The Kier molecular flexibility index (Phi) is 7.36. The van der Waals surface area contributed by atoms with Crippen LogP contribution < -0.4 is 20.7 Å². The fourth-order valence-corrected chi connectivity index (χ4v) is 3.59. The maximum Gasteiger partial charge on any atom is 0.225 e. The van der Waals surface area contributed by atoms with Gasteiger partial charge in [0.15, 0.2) is 5.96 Å². The van der Waals surface area contributed by atoms with Gasteiger partial charge in [-0.1, -0.05) is 29.8 Å². The number of hydrogen-bond donors (Lipinski definition) is 3. The fourth-order valence-electron chi connectivity index (χ4n) is 3.36. The third kappa shape index (κ3) is 5.87. The third-order valence-corrected chi connectivity index (χ3v) is 5.09. The number of benzene rings is 2. The first-order valence-electron chi connectivity index (χ1n) is 9.79. The molecule has 0 spiro atoms. The van der Waals surface area contributed by atoms with Crippen LogP contribution in [0, 0.1) is 6.92 Å². The number of nitrogens with zero attached hydrogens (tertiary/aromatic N) is 1. The molecule has 3 N–H and O–H groups in total. The lowest BCUT2D eigenvalue weighted by Crippen LogP contribution is -2.41. The molecular weight excluding hydrogens is 388 g/mol. The van der Waals surface area contributed by atoms with Crippen LogP contribution in [0.5, 0.6) is 5.75 Å². The summed E-state index contributed by atoms with van der Waals surface area (Å²) in [7, 11) is 1.74. The van der Waals surface area contributed by atoms with Gasteiger partial charge in [0.2, 0.25) is 5.91 Å². The van der Waals surface area contributed by atoms with Crippen molar-refractivity contribution in [2.45, 2.75) is 25.7 Å². The zero-order valence-electron chi connectivity index (χ0n) is 16.8. The number of amides is 1. The van der Waals surface area contributed by atoms with E-state index in [4.69, 9.17) is 16.3 Å². The quantitative estimate of drug-likeness (QED) is 0.367. The van der Waals surface area contributed by atoms with E-state index in [0.29, 0.717) is 24.6 Å². The van der Waals surface area contributed by atoms with Gasteiger partial charge < -0.3 is 20.7 Å². The van der Waals surface area contributed by atoms with Crippen LogP contribution in [0.2, 0.25) is 5.02 Å². The molecule has 0 fully saturated rings. The average molecular weight is 415 g/mol. The minimum absolute atomic E-state index is 0.0492. The molecular formula is C22H27ClN4O2. The second kappa shape index (κ2) is 10.2. The van der Waals surface area contributed by atoms with Crippen molar-refractivity contribution >= 4 is 29.2 Å². The topological polar surface area (TPSA) is 74.8 Å². The van der Waals surface area contributed by atoms with Gasteiger partial charge in [-0.3, -0.25) is 9.79 Å². The van der Waals surface area contributed by atoms with Crippen molar-refractivity contribution in [3.8, 4) is 5.75 Å². The maximum absolute atomic E-state index is 11.9. The number of ether oxygens (including phenoxy) is 1. The number of rotatable bonds is 7. The average Bonchev–Trinajstić information content (AvgIpc) is 2.71. The zero-order chi connectivity index (χ0) is 20.6. The molecule has 2 aromatic carbocycles. The summed E-state index contributed by atoms with van der Waals surface area (Å²) < 4.78 is 5.81. The van der Waals surface area contributed by atoms with Crippen molar-refractivity contribution in [2.24, 2.45) is 4.99 Å². The van der Waals surface area contributed by atoms with Gasteiger partial charge in [-0.25, -0.2) is 0 Å². The van der Waals surface area contributed by atoms with Crippen molar-refractivity contribution in [2.75, 3.05) is 32.1 Å². The lowest BCUT2D eigenvalue weighted by Gasteiger charge is -2.26. The Hall–Kier alpha value is -2.73. The predicted molar refractivity (Wildman–Crippen MR) is 118 cm³/mol. The molecule has 6 nitrogen and oxygen atoms in total. The summed E-state index contributed by atoms with van der Waals surface area (Å²) in [6, 6.07) is 13.6. The summed E-state index contributed by atoms with van der Waals surface area (Å²) in [5.41, 5.74) is 3.08. The van der Waals surface area contributed by atoms with E-state index in [0.717, 1.165) is 41.5 Å². The van der Waals surface area contributed by atoms with Gasteiger partial charge in [-0.05, 0) is 48.7 Å². The number of para-hydroxylation sites is 1. The molecule has 0 saturated heterocycles. The highest BCUT2D eigenvalue weighted by Crippen LogP contribution is 2.31. The lowest BCUT2D eigenvalue weighted by molar-refractivity contribution is -0.116. The van der Waals surface area contributed by atoms with Crippen LogP contribution in [0.15, 0.2) is 47.5 Å². The van der Waals surface area contributed by atoms with Crippen LogP contribution >= 0.6 is 11.6 Å². The molecule has 1 unspecified atom stereocenters. The molecule has 29 heavy (non-hydrogen) atoms. The molecule has 3 rings (SSSR count). The van der Waals surface area contributed by atoms with Gasteiger partial charge in [0.05, 0.1) is 6.61 Å². The van der Waals surface area contributed by atoms with Gasteiger partial charge in [-0.2, -0.15) is 0 Å². The molecule has 154 valence electrons. The molecule has 0 saturated carbocycles.